The maximum atomic E-state index is 12.5. The lowest BCUT2D eigenvalue weighted by molar-refractivity contribution is -0.144. The van der Waals surface area contributed by atoms with Crippen LogP contribution in [0.1, 0.15) is 174 Å². The van der Waals surface area contributed by atoms with Crippen molar-refractivity contribution >= 4 is 41.3 Å². The molecule has 0 aliphatic rings. The van der Waals surface area contributed by atoms with Crippen molar-refractivity contribution in [1.82, 2.24) is 10.6 Å². The Labute approximate surface area is 370 Å². The number of carbonyl (C=O) groups excluding carboxylic acids is 4. The largest absolute Gasteiger partial charge is 0.481 e. The molecule has 0 aliphatic heterocycles. The number of carbonyl (C=O) groups is 7. The Bertz CT molecular complexity index is 1200. The van der Waals surface area contributed by atoms with Crippen LogP contribution in [-0.4, -0.2) is 123 Å². The molecule has 16 heteroatoms. The van der Waals surface area contributed by atoms with Gasteiger partial charge in [-0.15, -0.1) is 0 Å². The molecule has 2 atom stereocenters. The second-order valence-corrected chi connectivity index (χ2v) is 16.3. The maximum Gasteiger partial charge on any atom is 0.306 e. The molecule has 0 aromatic rings. The first-order valence-electron chi connectivity index (χ1n) is 23.5. The van der Waals surface area contributed by atoms with Gasteiger partial charge in [-0.2, -0.15) is 0 Å². The van der Waals surface area contributed by atoms with Crippen LogP contribution in [0.5, 0.6) is 0 Å². The van der Waals surface area contributed by atoms with Gasteiger partial charge in [0.2, 0.25) is 11.8 Å². The molecule has 16 nitrogen and oxygen atoms in total. The van der Waals surface area contributed by atoms with E-state index in [1.54, 1.807) is 6.92 Å². The Balaban J connectivity index is 3.63. The van der Waals surface area contributed by atoms with Crippen molar-refractivity contribution in [3.05, 3.63) is 0 Å². The Morgan fingerprint density at radius 2 is 0.903 bits per heavy atom. The smallest absolute Gasteiger partial charge is 0.306 e. The minimum atomic E-state index is -1.07. The zero-order chi connectivity index (χ0) is 45.9. The van der Waals surface area contributed by atoms with E-state index in [1.807, 2.05) is 0 Å². The summed E-state index contributed by atoms with van der Waals surface area (Å²) < 4.78 is 21.5. The van der Waals surface area contributed by atoms with Gasteiger partial charge in [0.25, 0.3) is 0 Å². The van der Waals surface area contributed by atoms with Gasteiger partial charge >= 0.3 is 17.9 Å². The Morgan fingerprint density at radius 3 is 1.45 bits per heavy atom. The number of ketones is 2. The molecule has 0 fully saturated rings. The SMILES string of the molecule is C[C@@H](CCCCNC(=O)COCCOCCCC(=O)COCCOCCNC(=O)CC[C@H](CC(=O)CCCCCCCCCCCCCCCCCCC(=O)O)C(=O)O)C(=O)O. The van der Waals surface area contributed by atoms with Gasteiger partial charge in [0.05, 0.1) is 44.9 Å². The fourth-order valence-electron chi connectivity index (χ4n) is 6.63. The van der Waals surface area contributed by atoms with Crippen molar-refractivity contribution in [2.45, 2.75) is 174 Å². The number of nitrogens with one attached hydrogen (secondary N) is 2. The number of rotatable bonds is 48. The number of carboxylic acids is 3. The summed E-state index contributed by atoms with van der Waals surface area (Å²) in [6.45, 7) is 3.82. The van der Waals surface area contributed by atoms with Crippen LogP contribution < -0.4 is 10.6 Å². The third-order valence-electron chi connectivity index (χ3n) is 10.5. The summed E-state index contributed by atoms with van der Waals surface area (Å²) in [5.74, 6) is -4.55. The van der Waals surface area contributed by atoms with Gasteiger partial charge in [0.1, 0.15) is 19.0 Å². The third-order valence-corrected chi connectivity index (χ3v) is 10.5. The predicted molar refractivity (Wildman–Crippen MR) is 235 cm³/mol. The molecule has 2 amide bonds. The summed E-state index contributed by atoms with van der Waals surface area (Å²) in [6, 6.07) is 0. The molecule has 5 N–H and O–H groups in total. The van der Waals surface area contributed by atoms with Crippen LogP contribution in [0.3, 0.4) is 0 Å². The number of carboxylic acid groups (broad SMARTS) is 3. The van der Waals surface area contributed by atoms with Crippen molar-refractivity contribution in [3.63, 3.8) is 0 Å². The van der Waals surface area contributed by atoms with Crippen LogP contribution in [-0.2, 0) is 52.5 Å². The average Bonchev–Trinajstić information content (AvgIpc) is 3.23. The van der Waals surface area contributed by atoms with Crippen molar-refractivity contribution < 1.29 is 67.8 Å². The van der Waals surface area contributed by atoms with E-state index in [9.17, 15) is 38.7 Å². The number of ether oxygens (including phenoxy) is 4. The fraction of sp³-hybridized carbons (Fsp3) is 0.848. The van der Waals surface area contributed by atoms with Crippen LogP contribution in [0.2, 0.25) is 0 Å². The van der Waals surface area contributed by atoms with Gasteiger partial charge in [0, 0.05) is 51.8 Å². The number of Topliss-reactive ketones (excluding diaryl/α,β-unsaturated/α-hetero) is 2. The van der Waals surface area contributed by atoms with E-state index in [0.29, 0.717) is 51.9 Å². The van der Waals surface area contributed by atoms with E-state index >= 15 is 0 Å². The summed E-state index contributed by atoms with van der Waals surface area (Å²) in [7, 11) is 0. The van der Waals surface area contributed by atoms with Gasteiger partial charge in [-0.1, -0.05) is 103 Å². The van der Waals surface area contributed by atoms with Gasteiger partial charge in [0.15, 0.2) is 5.78 Å². The van der Waals surface area contributed by atoms with Gasteiger partial charge in [-0.05, 0) is 38.5 Å². The Kier molecular flexibility index (Phi) is 40.4. The van der Waals surface area contributed by atoms with Crippen LogP contribution in [0.15, 0.2) is 0 Å². The highest BCUT2D eigenvalue weighted by Crippen LogP contribution is 2.17. The minimum Gasteiger partial charge on any atom is -0.481 e. The molecule has 0 saturated heterocycles. The van der Waals surface area contributed by atoms with Gasteiger partial charge < -0.3 is 44.9 Å². The quantitative estimate of drug-likeness (QED) is 0.0384. The molecule has 0 radical (unpaired) electrons. The molecule has 0 spiro atoms. The molecule has 62 heavy (non-hydrogen) atoms. The highest BCUT2D eigenvalue weighted by molar-refractivity contribution is 5.84. The summed E-state index contributed by atoms with van der Waals surface area (Å²) in [5.41, 5.74) is 0. The van der Waals surface area contributed by atoms with E-state index < -0.39 is 29.7 Å². The first-order chi connectivity index (χ1) is 29.9. The van der Waals surface area contributed by atoms with Crippen molar-refractivity contribution in [2.75, 3.05) is 65.9 Å². The number of hydrogen-bond donors (Lipinski definition) is 5. The molecule has 0 aromatic carbocycles. The first-order valence-corrected chi connectivity index (χ1v) is 23.5. The number of amides is 2. The van der Waals surface area contributed by atoms with Crippen LogP contribution >= 0.6 is 0 Å². The number of hydrogen-bond acceptors (Lipinski definition) is 11. The third kappa shape index (κ3) is 41.9. The highest BCUT2D eigenvalue weighted by atomic mass is 16.5. The Hall–Kier alpha value is -3.47. The van der Waals surface area contributed by atoms with Crippen LogP contribution in [0, 0.1) is 11.8 Å². The zero-order valence-electron chi connectivity index (χ0n) is 37.9. The van der Waals surface area contributed by atoms with E-state index in [2.05, 4.69) is 10.6 Å². The average molecular weight is 887 g/mol. The second kappa shape index (κ2) is 42.8. The minimum absolute atomic E-state index is 0.00502. The topological polar surface area (TPSA) is 241 Å². The van der Waals surface area contributed by atoms with E-state index in [0.717, 1.165) is 51.4 Å². The lowest BCUT2D eigenvalue weighted by Crippen LogP contribution is -2.29. The Morgan fingerprint density at radius 1 is 0.419 bits per heavy atom. The molecule has 0 aromatic heterocycles. The molecule has 0 unspecified atom stereocenters. The van der Waals surface area contributed by atoms with Crippen molar-refractivity contribution in [3.8, 4) is 0 Å². The summed E-state index contributed by atoms with van der Waals surface area (Å²) in [6.07, 6.45) is 21.6. The zero-order valence-corrected chi connectivity index (χ0v) is 37.9. The molecule has 0 rings (SSSR count). The molecule has 0 aliphatic carbocycles. The van der Waals surface area contributed by atoms with Gasteiger partial charge in [-0.3, -0.25) is 33.6 Å². The second-order valence-electron chi connectivity index (χ2n) is 16.3. The molecule has 360 valence electrons. The molecular formula is C46H82N2O14. The molecule has 0 bridgehead atoms. The lowest BCUT2D eigenvalue weighted by atomic mass is 9.94. The number of unbranched alkanes of at least 4 members (excludes halogenated alkanes) is 16. The van der Waals surface area contributed by atoms with Crippen LogP contribution in [0.4, 0.5) is 0 Å². The molecule has 0 saturated carbocycles. The normalized spacial score (nSPS) is 12.1. The van der Waals surface area contributed by atoms with E-state index in [1.165, 1.54) is 57.8 Å². The standard InChI is InChI=1S/C46H82N2O14/c1-38(45(55)56)21-18-19-27-47-43(52)37-62-34-31-59-29-20-23-41(50)36-61-33-32-60-30-28-48-42(51)26-25-39(46(57)58)35-40(49)22-16-14-12-10-8-6-4-2-3-5-7-9-11-13-15-17-24-44(53)54/h38-39H,2-37H2,1H3,(H,47,52)(H,48,51)(H,53,54)(H,55,56)(H,57,58)/t38-,39+/m0/s1. The van der Waals surface area contributed by atoms with Crippen LogP contribution in [0.25, 0.3) is 0 Å². The van der Waals surface area contributed by atoms with Gasteiger partial charge in [-0.25, -0.2) is 0 Å². The summed E-state index contributed by atoms with van der Waals surface area (Å²) in [5, 5.41) is 32.5. The highest BCUT2D eigenvalue weighted by Gasteiger charge is 2.22. The summed E-state index contributed by atoms with van der Waals surface area (Å²) in [4.78, 5) is 81.5. The lowest BCUT2D eigenvalue weighted by Gasteiger charge is -2.12. The van der Waals surface area contributed by atoms with Crippen molar-refractivity contribution in [1.29, 1.82) is 0 Å². The first kappa shape index (κ1) is 58.5. The maximum absolute atomic E-state index is 12.5. The van der Waals surface area contributed by atoms with Crippen molar-refractivity contribution in [2.24, 2.45) is 11.8 Å². The van der Waals surface area contributed by atoms with E-state index in [-0.39, 0.29) is 95.3 Å². The van der Waals surface area contributed by atoms with E-state index in [4.69, 9.17) is 29.2 Å². The summed E-state index contributed by atoms with van der Waals surface area (Å²) >= 11 is 0. The predicted octanol–water partition coefficient (Wildman–Crippen LogP) is 7.07. The molecule has 0 heterocycles. The fourth-order valence-corrected chi connectivity index (χ4v) is 6.63. The number of aliphatic carboxylic acids is 3. The molecular weight excluding hydrogens is 805 g/mol. The monoisotopic (exact) mass is 887 g/mol.